The van der Waals surface area contributed by atoms with Gasteiger partial charge in [-0.25, -0.2) is 0 Å². The molecule has 3 aromatic rings. The first-order chi connectivity index (χ1) is 13.4. The van der Waals surface area contributed by atoms with Crippen LogP contribution in [-0.2, 0) is 9.59 Å². The van der Waals surface area contributed by atoms with Gasteiger partial charge in [0, 0.05) is 34.3 Å². The first-order valence-electron chi connectivity index (χ1n) is 9.34. The minimum absolute atomic E-state index is 0.160. The van der Waals surface area contributed by atoms with E-state index in [1.807, 2.05) is 61.7 Å². The first kappa shape index (κ1) is 18.0. The maximum atomic E-state index is 13.1. The average molecular weight is 374 g/mol. The fourth-order valence-electron chi connectivity index (χ4n) is 3.86. The third-order valence-corrected chi connectivity index (χ3v) is 5.29. The average Bonchev–Trinajstić information content (AvgIpc) is 3.21. The van der Waals surface area contributed by atoms with Crippen LogP contribution in [0.5, 0.6) is 0 Å². The molecule has 2 aromatic carbocycles. The molecule has 2 heterocycles. The topological polar surface area (TPSA) is 73.4 Å². The van der Waals surface area contributed by atoms with E-state index in [0.29, 0.717) is 5.69 Å². The first-order valence-corrected chi connectivity index (χ1v) is 9.34. The Kier molecular flexibility index (Phi) is 4.30. The molecule has 0 saturated heterocycles. The number of nitrogens with zero attached hydrogens (tertiary/aromatic N) is 1. The van der Waals surface area contributed by atoms with Crippen LogP contribution in [0, 0.1) is 12.8 Å². The van der Waals surface area contributed by atoms with Crippen LogP contribution in [0.1, 0.15) is 31.0 Å². The number of aliphatic hydroxyl groups excluding tert-OH is 1. The van der Waals surface area contributed by atoms with Gasteiger partial charge in [-0.15, -0.1) is 0 Å². The molecule has 0 radical (unpaired) electrons. The molecule has 28 heavy (non-hydrogen) atoms. The number of aromatic nitrogens is 1. The van der Waals surface area contributed by atoms with E-state index in [2.05, 4.69) is 4.98 Å². The lowest BCUT2D eigenvalue weighted by molar-refractivity contribution is -0.119. The Morgan fingerprint density at radius 1 is 1.11 bits per heavy atom. The summed E-state index contributed by atoms with van der Waals surface area (Å²) in [4.78, 5) is 30.8. The summed E-state index contributed by atoms with van der Waals surface area (Å²) < 4.78 is 0. The minimum atomic E-state index is -0.681. The minimum Gasteiger partial charge on any atom is -0.503 e. The van der Waals surface area contributed by atoms with E-state index in [0.717, 1.165) is 22.0 Å². The highest BCUT2D eigenvalue weighted by atomic mass is 16.3. The summed E-state index contributed by atoms with van der Waals surface area (Å²) in [5.74, 6) is -1.57. The van der Waals surface area contributed by atoms with Crippen molar-refractivity contribution in [2.75, 3.05) is 4.90 Å². The number of hydrogen-bond donors (Lipinski definition) is 2. The monoisotopic (exact) mass is 374 g/mol. The third kappa shape index (κ3) is 2.62. The Hall–Kier alpha value is -3.34. The van der Waals surface area contributed by atoms with Crippen molar-refractivity contribution in [1.29, 1.82) is 0 Å². The molecule has 1 aliphatic rings. The van der Waals surface area contributed by atoms with Gasteiger partial charge in [-0.3, -0.25) is 14.5 Å². The number of aliphatic hydroxyl groups is 1. The summed E-state index contributed by atoms with van der Waals surface area (Å²) in [5, 5.41) is 11.6. The zero-order valence-electron chi connectivity index (χ0n) is 16.1. The maximum absolute atomic E-state index is 13.1. The van der Waals surface area contributed by atoms with Crippen molar-refractivity contribution in [2.24, 2.45) is 5.92 Å². The van der Waals surface area contributed by atoms with Crippen LogP contribution in [0.4, 0.5) is 5.69 Å². The second kappa shape index (κ2) is 6.68. The lowest BCUT2D eigenvalue weighted by Crippen LogP contribution is -2.32. The highest BCUT2D eigenvalue weighted by Gasteiger charge is 2.45. The van der Waals surface area contributed by atoms with E-state index in [1.165, 1.54) is 4.90 Å². The number of fused-ring (bicyclic) bond motifs is 1. The number of aromatic amines is 1. The molecule has 0 aliphatic carbocycles. The number of aryl methyl sites for hydroxylation is 1. The second-order valence-corrected chi connectivity index (χ2v) is 7.44. The van der Waals surface area contributed by atoms with E-state index < -0.39 is 17.7 Å². The zero-order chi connectivity index (χ0) is 20.0. The molecule has 0 fully saturated rings. The molecular formula is C23H22N2O3. The molecule has 1 unspecified atom stereocenters. The second-order valence-electron chi connectivity index (χ2n) is 7.44. The maximum Gasteiger partial charge on any atom is 0.294 e. The number of rotatable bonds is 4. The molecule has 1 aliphatic heterocycles. The van der Waals surface area contributed by atoms with E-state index in [1.54, 1.807) is 13.8 Å². The zero-order valence-corrected chi connectivity index (χ0v) is 16.1. The number of hydrogen-bond acceptors (Lipinski definition) is 3. The fraction of sp³-hybridized carbons (Fsp3) is 0.217. The molecule has 2 N–H and O–H groups in total. The summed E-state index contributed by atoms with van der Waals surface area (Å²) in [7, 11) is 0. The predicted octanol–water partition coefficient (Wildman–Crippen LogP) is 4.60. The van der Waals surface area contributed by atoms with Crippen LogP contribution >= 0.6 is 0 Å². The normalized spacial score (nSPS) is 17.2. The Bertz CT molecular complexity index is 1120. The van der Waals surface area contributed by atoms with E-state index in [-0.39, 0.29) is 17.3 Å². The van der Waals surface area contributed by atoms with Gasteiger partial charge in [0.15, 0.2) is 11.5 Å². The molecule has 4 rings (SSSR count). The van der Waals surface area contributed by atoms with Gasteiger partial charge >= 0.3 is 0 Å². The smallest absolute Gasteiger partial charge is 0.294 e. The van der Waals surface area contributed by atoms with Gasteiger partial charge in [-0.1, -0.05) is 50.2 Å². The Labute approximate surface area is 163 Å². The van der Waals surface area contributed by atoms with E-state index >= 15 is 0 Å². The molecule has 0 saturated carbocycles. The summed E-state index contributed by atoms with van der Waals surface area (Å²) in [6.45, 7) is 5.46. The standard InChI is InChI=1S/C23H22N2O3/c1-13(2)21(26)19-20(16-12-24-17-10-6-5-9-15(16)17)25(23(28)22(19)27)18-11-7-4-8-14(18)3/h4-13,20,24,27H,1-3H3. The largest absolute Gasteiger partial charge is 0.503 e. The molecule has 0 bridgehead atoms. The summed E-state index contributed by atoms with van der Waals surface area (Å²) in [6, 6.07) is 14.6. The van der Waals surface area contributed by atoms with Crippen LogP contribution in [0.3, 0.4) is 0 Å². The number of para-hydroxylation sites is 2. The van der Waals surface area contributed by atoms with Crippen molar-refractivity contribution >= 4 is 28.3 Å². The molecule has 1 atom stereocenters. The lowest BCUT2D eigenvalue weighted by atomic mass is 9.91. The van der Waals surface area contributed by atoms with Crippen LogP contribution in [0.15, 0.2) is 66.1 Å². The van der Waals surface area contributed by atoms with Crippen LogP contribution in [0.2, 0.25) is 0 Å². The van der Waals surface area contributed by atoms with Gasteiger partial charge in [0.25, 0.3) is 5.91 Å². The molecule has 5 heteroatoms. The Balaban J connectivity index is 1.98. The van der Waals surface area contributed by atoms with Gasteiger partial charge in [-0.2, -0.15) is 0 Å². The summed E-state index contributed by atoms with van der Waals surface area (Å²) in [6.07, 6.45) is 1.82. The van der Waals surface area contributed by atoms with Crippen molar-refractivity contribution in [3.05, 3.63) is 77.2 Å². The number of benzene rings is 2. The van der Waals surface area contributed by atoms with Gasteiger partial charge in [0.2, 0.25) is 0 Å². The highest BCUT2D eigenvalue weighted by Crippen LogP contribution is 2.44. The van der Waals surface area contributed by atoms with Crippen molar-refractivity contribution in [1.82, 2.24) is 4.98 Å². The molecule has 142 valence electrons. The number of carbonyl (C=O) groups excluding carboxylic acids is 2. The van der Waals surface area contributed by atoms with E-state index in [9.17, 15) is 14.7 Å². The quantitative estimate of drug-likeness (QED) is 0.701. The molecule has 5 nitrogen and oxygen atoms in total. The van der Waals surface area contributed by atoms with Gasteiger partial charge in [-0.05, 0) is 24.6 Å². The number of H-pyrrole nitrogens is 1. The SMILES string of the molecule is Cc1ccccc1N1C(=O)C(O)=C(C(=O)C(C)C)C1c1c[nH]c2ccccc12. The van der Waals surface area contributed by atoms with Crippen LogP contribution in [-0.4, -0.2) is 21.8 Å². The Morgan fingerprint density at radius 3 is 2.50 bits per heavy atom. The molecule has 1 aromatic heterocycles. The number of Topliss-reactive ketones (excluding diaryl/α,β-unsaturated/α-hetero) is 1. The number of ketones is 1. The predicted molar refractivity (Wildman–Crippen MR) is 109 cm³/mol. The summed E-state index contributed by atoms with van der Waals surface area (Å²) in [5.41, 5.74) is 3.44. The van der Waals surface area contributed by atoms with Gasteiger partial charge < -0.3 is 10.1 Å². The number of anilines is 1. The third-order valence-electron chi connectivity index (χ3n) is 5.29. The van der Waals surface area contributed by atoms with Crippen molar-refractivity contribution in [3.8, 4) is 0 Å². The van der Waals surface area contributed by atoms with Crippen molar-refractivity contribution in [2.45, 2.75) is 26.8 Å². The van der Waals surface area contributed by atoms with Crippen LogP contribution < -0.4 is 4.90 Å². The van der Waals surface area contributed by atoms with Gasteiger partial charge in [0.1, 0.15) is 0 Å². The lowest BCUT2D eigenvalue weighted by Gasteiger charge is -2.28. The number of carbonyl (C=O) groups is 2. The Morgan fingerprint density at radius 2 is 1.79 bits per heavy atom. The number of nitrogens with one attached hydrogen (secondary N) is 1. The summed E-state index contributed by atoms with van der Waals surface area (Å²) >= 11 is 0. The van der Waals surface area contributed by atoms with Crippen molar-refractivity contribution in [3.63, 3.8) is 0 Å². The highest BCUT2D eigenvalue weighted by molar-refractivity contribution is 6.17. The van der Waals surface area contributed by atoms with Crippen molar-refractivity contribution < 1.29 is 14.7 Å². The number of amides is 1. The molecule has 0 spiro atoms. The molecular weight excluding hydrogens is 352 g/mol. The fourth-order valence-corrected chi connectivity index (χ4v) is 3.86. The molecule has 1 amide bonds. The van der Waals surface area contributed by atoms with E-state index in [4.69, 9.17) is 0 Å². The van der Waals surface area contributed by atoms with Crippen LogP contribution in [0.25, 0.3) is 10.9 Å². The van der Waals surface area contributed by atoms with Gasteiger partial charge in [0.05, 0.1) is 11.6 Å².